The number of rotatable bonds is 5. The Morgan fingerprint density at radius 2 is 1.75 bits per heavy atom. The summed E-state index contributed by atoms with van der Waals surface area (Å²) in [5.41, 5.74) is 1.30. The van der Waals surface area contributed by atoms with Gasteiger partial charge in [0.15, 0.2) is 11.5 Å². The molecule has 0 aliphatic carbocycles. The lowest BCUT2D eigenvalue weighted by atomic mass is 9.94. The summed E-state index contributed by atoms with van der Waals surface area (Å²) in [6.07, 6.45) is -5.19. The van der Waals surface area contributed by atoms with Gasteiger partial charge in [0.25, 0.3) is 5.91 Å². The minimum atomic E-state index is -4.66. The van der Waals surface area contributed by atoms with Gasteiger partial charge in [-0.25, -0.2) is 5.01 Å². The van der Waals surface area contributed by atoms with E-state index in [1.807, 2.05) is 0 Å². The fraction of sp³-hybridized carbons (Fsp3) is 0.300. The molecule has 0 aromatic heterocycles. The molecule has 1 aliphatic rings. The molecule has 1 amide bonds. The number of benzene rings is 2. The molecule has 1 unspecified atom stereocenters. The van der Waals surface area contributed by atoms with Gasteiger partial charge in [0.05, 0.1) is 26.5 Å². The van der Waals surface area contributed by atoms with E-state index in [0.717, 1.165) is 5.01 Å². The highest BCUT2D eigenvalue weighted by Gasteiger charge is 2.49. The van der Waals surface area contributed by atoms with Gasteiger partial charge in [-0.3, -0.25) is 4.79 Å². The van der Waals surface area contributed by atoms with Crippen LogP contribution in [0.5, 0.6) is 11.5 Å². The van der Waals surface area contributed by atoms with E-state index in [1.54, 1.807) is 48.5 Å². The SMILES string of the molecule is COc1ccc(C2=NN(Cc3ccccc3)C(=O)C(C(F)(F)F)C2)cc1OC. The Kier molecular flexibility index (Phi) is 5.58. The van der Waals surface area contributed by atoms with Gasteiger partial charge in [-0.15, -0.1) is 0 Å². The molecule has 0 radical (unpaired) electrons. The van der Waals surface area contributed by atoms with Crippen molar-refractivity contribution < 1.29 is 27.4 Å². The molecule has 2 aromatic rings. The second-order valence-electron chi connectivity index (χ2n) is 6.30. The first-order valence-electron chi connectivity index (χ1n) is 8.55. The molecule has 148 valence electrons. The number of amides is 1. The first-order chi connectivity index (χ1) is 13.3. The summed E-state index contributed by atoms with van der Waals surface area (Å²) in [6.45, 7) is -0.0386. The van der Waals surface area contributed by atoms with E-state index in [2.05, 4.69) is 5.10 Å². The first kappa shape index (κ1) is 19.7. The van der Waals surface area contributed by atoms with Crippen LogP contribution < -0.4 is 9.47 Å². The van der Waals surface area contributed by atoms with E-state index in [-0.39, 0.29) is 12.3 Å². The molecule has 0 N–H and O–H groups in total. The summed E-state index contributed by atoms with van der Waals surface area (Å²) in [6, 6.07) is 13.5. The molecule has 0 saturated carbocycles. The Hall–Kier alpha value is -3.03. The van der Waals surface area contributed by atoms with Gasteiger partial charge in [0.2, 0.25) is 0 Å². The van der Waals surface area contributed by atoms with Crippen LogP contribution in [0.15, 0.2) is 53.6 Å². The number of alkyl halides is 3. The zero-order chi connectivity index (χ0) is 20.3. The number of hydrazone groups is 1. The van der Waals surface area contributed by atoms with Crippen LogP contribution in [0.25, 0.3) is 0 Å². The van der Waals surface area contributed by atoms with Crippen LogP contribution in [-0.2, 0) is 11.3 Å². The van der Waals surface area contributed by atoms with E-state index in [9.17, 15) is 18.0 Å². The molecule has 3 rings (SSSR count). The van der Waals surface area contributed by atoms with E-state index in [0.29, 0.717) is 22.6 Å². The zero-order valence-electron chi connectivity index (χ0n) is 15.4. The third-order valence-corrected chi connectivity index (χ3v) is 4.48. The number of methoxy groups -OCH3 is 2. The lowest BCUT2D eigenvalue weighted by Crippen LogP contribution is -2.45. The second kappa shape index (κ2) is 7.92. The van der Waals surface area contributed by atoms with E-state index in [4.69, 9.17) is 9.47 Å². The highest BCUT2D eigenvalue weighted by Crippen LogP contribution is 2.36. The molecule has 1 aliphatic heterocycles. The maximum atomic E-state index is 13.5. The van der Waals surface area contributed by atoms with Crippen molar-refractivity contribution in [3.63, 3.8) is 0 Å². The van der Waals surface area contributed by atoms with E-state index < -0.39 is 24.4 Å². The number of hydrogen-bond donors (Lipinski definition) is 0. The molecule has 1 atom stereocenters. The second-order valence-corrected chi connectivity index (χ2v) is 6.30. The van der Waals surface area contributed by atoms with Crippen LogP contribution in [0.2, 0.25) is 0 Å². The molecule has 0 spiro atoms. The lowest BCUT2D eigenvalue weighted by Gasteiger charge is -2.31. The first-order valence-corrected chi connectivity index (χ1v) is 8.55. The van der Waals surface area contributed by atoms with Gasteiger partial charge in [0.1, 0.15) is 5.92 Å². The molecule has 5 nitrogen and oxygen atoms in total. The molecule has 0 fully saturated rings. The smallest absolute Gasteiger partial charge is 0.400 e. The largest absolute Gasteiger partial charge is 0.493 e. The number of carbonyl (C=O) groups excluding carboxylic acids is 1. The fourth-order valence-electron chi connectivity index (χ4n) is 3.01. The van der Waals surface area contributed by atoms with Gasteiger partial charge in [0, 0.05) is 12.0 Å². The molecule has 1 heterocycles. The number of hydrogen-bond acceptors (Lipinski definition) is 4. The maximum Gasteiger partial charge on any atom is 0.400 e. The van der Waals surface area contributed by atoms with Crippen molar-refractivity contribution in [2.45, 2.75) is 19.1 Å². The summed E-state index contributed by atoms with van der Waals surface area (Å²) in [5, 5.41) is 5.12. The minimum Gasteiger partial charge on any atom is -0.493 e. The predicted molar refractivity (Wildman–Crippen MR) is 97.2 cm³/mol. The molecule has 0 saturated heterocycles. The molecule has 0 bridgehead atoms. The maximum absolute atomic E-state index is 13.5. The number of ether oxygens (including phenoxy) is 2. The number of halogens is 3. The van der Waals surface area contributed by atoms with E-state index in [1.165, 1.54) is 14.2 Å². The third kappa shape index (κ3) is 4.11. The van der Waals surface area contributed by atoms with Crippen molar-refractivity contribution in [3.8, 4) is 11.5 Å². The van der Waals surface area contributed by atoms with E-state index >= 15 is 0 Å². The molecule has 2 aromatic carbocycles. The van der Waals surface area contributed by atoms with Crippen molar-refractivity contribution in [1.29, 1.82) is 0 Å². The van der Waals surface area contributed by atoms with Crippen molar-refractivity contribution in [1.82, 2.24) is 5.01 Å². The van der Waals surface area contributed by atoms with Crippen LogP contribution in [0.1, 0.15) is 17.5 Å². The van der Waals surface area contributed by atoms with Crippen molar-refractivity contribution >= 4 is 11.6 Å². The van der Waals surface area contributed by atoms with Gasteiger partial charge in [-0.05, 0) is 23.8 Å². The Labute approximate surface area is 160 Å². The summed E-state index contributed by atoms with van der Waals surface area (Å²) in [5.74, 6) is -2.37. The van der Waals surface area contributed by atoms with Crippen LogP contribution >= 0.6 is 0 Å². The summed E-state index contributed by atoms with van der Waals surface area (Å²) in [4.78, 5) is 12.4. The summed E-state index contributed by atoms with van der Waals surface area (Å²) >= 11 is 0. The fourth-order valence-corrected chi connectivity index (χ4v) is 3.01. The lowest BCUT2D eigenvalue weighted by molar-refractivity contribution is -0.189. The average molecular weight is 392 g/mol. The number of nitrogens with zero attached hydrogens (tertiary/aromatic N) is 2. The van der Waals surface area contributed by atoms with Crippen LogP contribution in [0.4, 0.5) is 13.2 Å². The molecular weight excluding hydrogens is 373 g/mol. The van der Waals surface area contributed by atoms with Gasteiger partial charge in [-0.1, -0.05) is 30.3 Å². The van der Waals surface area contributed by atoms with Crippen LogP contribution in [-0.4, -0.2) is 37.0 Å². The predicted octanol–water partition coefficient (Wildman–Crippen LogP) is 4.02. The standard InChI is InChI=1S/C20H19F3N2O3/c1-27-17-9-8-14(10-18(17)28-2)16-11-15(20(21,22)23)19(26)25(24-16)12-13-6-4-3-5-7-13/h3-10,15H,11-12H2,1-2H3. The molecule has 8 heteroatoms. The molecular formula is C20H19F3N2O3. The minimum absolute atomic E-state index is 0.0386. The number of carbonyl (C=O) groups is 1. The highest BCUT2D eigenvalue weighted by molar-refractivity contribution is 6.05. The summed E-state index contributed by atoms with van der Waals surface area (Å²) in [7, 11) is 2.91. The van der Waals surface area contributed by atoms with Gasteiger partial charge >= 0.3 is 6.18 Å². The van der Waals surface area contributed by atoms with Crippen molar-refractivity contribution in [3.05, 3.63) is 59.7 Å². The Balaban J connectivity index is 2.00. The normalized spacial score (nSPS) is 17.3. The highest BCUT2D eigenvalue weighted by atomic mass is 19.4. The van der Waals surface area contributed by atoms with Crippen molar-refractivity contribution in [2.75, 3.05) is 14.2 Å². The molecule has 28 heavy (non-hydrogen) atoms. The third-order valence-electron chi connectivity index (χ3n) is 4.48. The van der Waals surface area contributed by atoms with Crippen molar-refractivity contribution in [2.24, 2.45) is 11.0 Å². The average Bonchev–Trinajstić information content (AvgIpc) is 2.68. The van der Waals surface area contributed by atoms with Gasteiger partial charge < -0.3 is 9.47 Å². The van der Waals surface area contributed by atoms with Crippen LogP contribution in [0.3, 0.4) is 0 Å². The topological polar surface area (TPSA) is 51.1 Å². The quantitative estimate of drug-likeness (QED) is 0.772. The summed E-state index contributed by atoms with van der Waals surface area (Å²) < 4.78 is 50.9. The zero-order valence-corrected chi connectivity index (χ0v) is 15.4. The Morgan fingerprint density at radius 3 is 2.36 bits per heavy atom. The van der Waals surface area contributed by atoms with Crippen LogP contribution in [0, 0.1) is 5.92 Å². The monoisotopic (exact) mass is 392 g/mol. The van der Waals surface area contributed by atoms with Gasteiger partial charge in [-0.2, -0.15) is 18.3 Å². The Morgan fingerprint density at radius 1 is 1.07 bits per heavy atom. The Bertz CT molecular complexity index is 882.